The van der Waals surface area contributed by atoms with Crippen LogP contribution in [0.2, 0.25) is 0 Å². The van der Waals surface area contributed by atoms with Crippen molar-refractivity contribution in [3.8, 4) is 0 Å². The van der Waals surface area contributed by atoms with Crippen molar-refractivity contribution < 1.29 is 29.5 Å². The van der Waals surface area contributed by atoms with Crippen LogP contribution in [0.4, 0.5) is 0 Å². The molecule has 7 heavy (non-hydrogen) atoms. The Morgan fingerprint density at radius 1 is 1.00 bits per heavy atom. The van der Waals surface area contributed by atoms with E-state index in [9.17, 15) is 0 Å². The van der Waals surface area contributed by atoms with Crippen molar-refractivity contribution in [3.63, 3.8) is 0 Å². The van der Waals surface area contributed by atoms with Crippen LogP contribution in [-0.4, -0.2) is 54.6 Å². The maximum absolute atomic E-state index is 8.59. The molecule has 0 aliphatic heterocycles. The molecular weight excluding hydrogens is 530 g/mol. The molecule has 0 fully saturated rings. The second-order valence-corrected chi connectivity index (χ2v) is 1.68. The van der Waals surface area contributed by atoms with E-state index in [0.717, 1.165) is 0 Å². The molecule has 40 valence electrons. The van der Waals surface area contributed by atoms with Crippen molar-refractivity contribution in [3.05, 3.63) is 0 Å². The summed E-state index contributed by atoms with van der Waals surface area (Å²) in [4.78, 5) is 0. The quantitative estimate of drug-likeness (QED) is 0.307. The molecule has 0 aliphatic rings. The van der Waals surface area contributed by atoms with Gasteiger partial charge in [-0.3, -0.25) is 0 Å². The minimum Gasteiger partial charge on any atom is 0 e. The van der Waals surface area contributed by atoms with Gasteiger partial charge in [0.05, 0.1) is 0 Å². The second kappa shape index (κ2) is 6.02. The van der Waals surface area contributed by atoms with Gasteiger partial charge in [-0.1, -0.05) is 0 Å². The van der Waals surface area contributed by atoms with Crippen molar-refractivity contribution in [2.24, 2.45) is 0 Å². The van der Waals surface area contributed by atoms with Crippen LogP contribution in [0.1, 0.15) is 0 Å². The molecule has 0 aromatic rings. The summed E-state index contributed by atoms with van der Waals surface area (Å²) in [7, 11) is 0. The summed E-state index contributed by atoms with van der Waals surface area (Å²) in [6, 6.07) is 0. The smallest absolute Gasteiger partial charge is 0 e. The summed E-state index contributed by atoms with van der Waals surface area (Å²) in [5, 5.41) is 0. The molecule has 8 radical (unpaired) electrons. The Morgan fingerprint density at radius 3 is 1.00 bits per heavy atom. The van der Waals surface area contributed by atoms with Gasteiger partial charge in [0, 0.05) is 54.6 Å². The Morgan fingerprint density at radius 2 is 1.00 bits per heavy atom. The second-order valence-electron chi connectivity index (χ2n) is 0.408. The third kappa shape index (κ3) is 76.3. The van der Waals surface area contributed by atoms with Crippen LogP contribution in [-0.2, 0) is 21.2 Å². The number of hydrogen-bond acceptors (Lipinski definition) is 4. The SMILES string of the molecule is [O]=[Cr](=[O])([O-])[O-].[Pb].[Pb]. The van der Waals surface area contributed by atoms with Crippen molar-refractivity contribution in [1.82, 2.24) is 0 Å². The normalized spacial score (nSPS) is 8.29. The molecule has 0 rings (SSSR count). The van der Waals surface area contributed by atoms with Gasteiger partial charge in [0.2, 0.25) is 0 Å². The minimum absolute atomic E-state index is 0. The molecule has 0 aromatic heterocycles. The third-order valence-corrected chi connectivity index (χ3v) is 0. The van der Waals surface area contributed by atoms with Gasteiger partial charge in [0.15, 0.2) is 0 Å². The zero-order valence-electron chi connectivity index (χ0n) is 3.04. The van der Waals surface area contributed by atoms with Crippen LogP contribution in [0.3, 0.4) is 0 Å². The van der Waals surface area contributed by atoms with E-state index in [2.05, 4.69) is 0 Å². The Bertz CT molecular complexity index is 92.9. The maximum atomic E-state index is 8.59. The van der Waals surface area contributed by atoms with Crippen LogP contribution in [0, 0.1) is 0 Å². The van der Waals surface area contributed by atoms with Crippen LogP contribution in [0.25, 0.3) is 0 Å². The number of rotatable bonds is 0. The largest absolute Gasteiger partial charge is 0 e. The van der Waals surface area contributed by atoms with Gasteiger partial charge in [-0.15, -0.1) is 0 Å². The van der Waals surface area contributed by atoms with Gasteiger partial charge in [-0.05, 0) is 0 Å². The van der Waals surface area contributed by atoms with E-state index in [1.54, 1.807) is 0 Å². The molecule has 0 atom stereocenters. The Hall–Kier alpha value is 1.90. The fourth-order valence-corrected chi connectivity index (χ4v) is 0. The van der Waals surface area contributed by atoms with Gasteiger partial charge in [0.1, 0.15) is 0 Å². The molecule has 0 amide bonds. The summed E-state index contributed by atoms with van der Waals surface area (Å²) in [5.74, 6) is 0. The predicted octanol–water partition coefficient (Wildman–Crippen LogP) is -3.38. The van der Waals surface area contributed by atoms with E-state index in [1.165, 1.54) is 0 Å². The van der Waals surface area contributed by atoms with Crippen LogP contribution < -0.4 is 8.32 Å². The zero-order chi connectivity index (χ0) is 4.50. The molecule has 0 heterocycles. The van der Waals surface area contributed by atoms with Crippen molar-refractivity contribution in [1.29, 1.82) is 0 Å². The van der Waals surface area contributed by atoms with E-state index < -0.39 is 13.6 Å². The zero-order valence-corrected chi connectivity index (χ0v) is 12.1. The summed E-state index contributed by atoms with van der Waals surface area (Å²) < 4.78 is 34.4. The molecule has 7 heteroatoms. The summed E-state index contributed by atoms with van der Waals surface area (Å²) in [6.45, 7) is 0. The molecule has 0 saturated heterocycles. The Balaban J connectivity index is -0.0000000800. The summed E-state index contributed by atoms with van der Waals surface area (Å²) >= 11 is -5.75. The Kier molecular flexibility index (Phi) is 13.7. The van der Waals surface area contributed by atoms with Gasteiger partial charge in [-0.25, -0.2) is 0 Å². The first-order valence-electron chi connectivity index (χ1n) is 0.667. The summed E-state index contributed by atoms with van der Waals surface area (Å²) in [6.07, 6.45) is 0. The number of hydrogen-bond donors (Lipinski definition) is 0. The Labute approximate surface area is 83.0 Å². The van der Waals surface area contributed by atoms with Gasteiger partial charge in [-0.2, -0.15) is 0 Å². The van der Waals surface area contributed by atoms with Crippen LogP contribution in [0.15, 0.2) is 0 Å². The fourth-order valence-electron chi connectivity index (χ4n) is 0. The van der Waals surface area contributed by atoms with Crippen molar-refractivity contribution in [2.75, 3.05) is 0 Å². The van der Waals surface area contributed by atoms with E-state index in [0.29, 0.717) is 0 Å². The third-order valence-electron chi connectivity index (χ3n) is 0. The standard InChI is InChI=1S/Cr.4O.2Pb/q;;;2*-1;;. The topological polar surface area (TPSA) is 80.3 Å². The van der Waals surface area contributed by atoms with Crippen molar-refractivity contribution in [2.45, 2.75) is 0 Å². The molecule has 0 aliphatic carbocycles. The molecule has 4 nitrogen and oxygen atoms in total. The summed E-state index contributed by atoms with van der Waals surface area (Å²) in [5.41, 5.74) is 0. The molecule has 0 N–H and O–H groups in total. The average molecular weight is 530 g/mol. The minimum atomic E-state index is -5.75. The first kappa shape index (κ1) is 16.0. The fraction of sp³-hybridized carbons (Fsp3) is 0. The molecule has 0 aromatic carbocycles. The van der Waals surface area contributed by atoms with Gasteiger partial charge < -0.3 is 0 Å². The molecule has 0 spiro atoms. The van der Waals surface area contributed by atoms with E-state index in [4.69, 9.17) is 15.9 Å². The average Bonchev–Trinajstić information content (AvgIpc) is 0.722. The van der Waals surface area contributed by atoms with Crippen molar-refractivity contribution >= 4 is 54.6 Å². The first-order chi connectivity index (χ1) is 2.00. The molecule has 0 unspecified atom stereocenters. The van der Waals surface area contributed by atoms with Crippen LogP contribution in [0.5, 0.6) is 0 Å². The molecular formula is CrO4Pb2-2. The van der Waals surface area contributed by atoms with E-state index in [-0.39, 0.29) is 54.6 Å². The van der Waals surface area contributed by atoms with Crippen LogP contribution >= 0.6 is 0 Å². The maximum Gasteiger partial charge on any atom is 0 e. The van der Waals surface area contributed by atoms with E-state index in [1.807, 2.05) is 0 Å². The first-order valence-corrected chi connectivity index (χ1v) is 2.75. The van der Waals surface area contributed by atoms with E-state index >= 15 is 0 Å². The predicted molar refractivity (Wildman–Crippen MR) is 12.9 cm³/mol. The molecule has 0 saturated carbocycles. The van der Waals surface area contributed by atoms with Gasteiger partial charge in [0.25, 0.3) is 0 Å². The monoisotopic (exact) mass is 532 g/mol. The van der Waals surface area contributed by atoms with Gasteiger partial charge >= 0.3 is 29.5 Å². The molecule has 0 bridgehead atoms.